The maximum Gasteiger partial charge on any atom is 0.416 e. The predicted octanol–water partition coefficient (Wildman–Crippen LogP) is 8.05. The van der Waals surface area contributed by atoms with E-state index in [4.69, 9.17) is 16.3 Å². The molecule has 0 radical (unpaired) electrons. The molecule has 6 nitrogen and oxygen atoms in total. The largest absolute Gasteiger partial charge is 0.477 e. The van der Waals surface area contributed by atoms with E-state index in [2.05, 4.69) is 26.0 Å². The molecule has 0 bridgehead atoms. The van der Waals surface area contributed by atoms with Crippen molar-refractivity contribution in [2.45, 2.75) is 72.9 Å². The van der Waals surface area contributed by atoms with Gasteiger partial charge in [-0.3, -0.25) is 0 Å². The Hall–Kier alpha value is -3.33. The number of alkyl halides is 3. The molecule has 1 aliphatic heterocycles. The van der Waals surface area contributed by atoms with E-state index in [1.54, 1.807) is 6.20 Å². The number of ether oxygens (including phenoxy) is 1. The molecule has 2 aromatic heterocycles. The Morgan fingerprint density at radius 3 is 2.49 bits per heavy atom. The molecule has 3 heterocycles. The van der Waals surface area contributed by atoms with E-state index in [0.717, 1.165) is 49.3 Å². The minimum absolute atomic E-state index is 0.0192. The van der Waals surface area contributed by atoms with Gasteiger partial charge < -0.3 is 9.53 Å². The van der Waals surface area contributed by atoms with Crippen LogP contribution in [0.4, 0.5) is 19.0 Å². The Labute approximate surface area is 233 Å². The summed E-state index contributed by atoms with van der Waals surface area (Å²) in [6.07, 6.45) is 2.92. The van der Waals surface area contributed by atoms with Crippen molar-refractivity contribution in [1.29, 1.82) is 0 Å². The van der Waals surface area contributed by atoms with E-state index in [1.165, 1.54) is 23.9 Å². The monoisotopic (exact) mass is 564 g/mol. The summed E-state index contributed by atoms with van der Waals surface area (Å²) in [4.78, 5) is 27.0. The quantitative estimate of drug-likeness (QED) is 0.172. The van der Waals surface area contributed by atoms with E-state index in [0.29, 0.717) is 29.9 Å². The number of fused-ring (bicyclic) bond motifs is 1. The lowest BCUT2D eigenvalue weighted by atomic mass is 10.1. The first kappa shape index (κ1) is 33.7. The van der Waals surface area contributed by atoms with Gasteiger partial charge in [-0.15, -0.1) is 0 Å². The van der Waals surface area contributed by atoms with Crippen LogP contribution >= 0.6 is 11.6 Å². The van der Waals surface area contributed by atoms with Crippen LogP contribution in [0, 0.1) is 0 Å². The van der Waals surface area contributed by atoms with E-state index in [1.807, 2.05) is 40.7 Å². The molecule has 0 fully saturated rings. The highest BCUT2D eigenvalue weighted by Gasteiger charge is 2.30. The molecule has 4 rings (SSSR count). The second-order valence-electron chi connectivity index (χ2n) is 7.60. The number of halogens is 4. The van der Waals surface area contributed by atoms with Crippen LogP contribution in [0.25, 0.3) is 0 Å². The Morgan fingerprint density at radius 1 is 1.10 bits per heavy atom. The molecule has 3 aromatic rings. The zero-order valence-electron chi connectivity index (χ0n) is 23.1. The number of hydrogen-bond acceptors (Lipinski definition) is 6. The number of carbonyl (C=O) groups excluding carboxylic acids is 1. The fraction of sp³-hybridized carbons (Fsp3) is 0.414. The molecule has 1 aliphatic rings. The third-order valence-corrected chi connectivity index (χ3v) is 5.29. The zero-order valence-corrected chi connectivity index (χ0v) is 23.8. The maximum atomic E-state index is 12.8. The van der Waals surface area contributed by atoms with Gasteiger partial charge in [0.15, 0.2) is 5.82 Å². The standard InChI is InChI=1S/C17H15ClF3N3O.C8H9NO.2C2H6/c1-2-13-14(7-4-8-25)23-16(18)24-15(13)22-10-11-5-3-6-12(9-11)17(19,20)21;1-3-7-4-2-6-10-8(7)9-5-1;2*1-2/h3,5-6,8-10H,2,4,7H2,1H3;1,3,5H,2,4,6H2;2*1-2H3. The van der Waals surface area contributed by atoms with Crippen molar-refractivity contribution in [2.75, 3.05) is 6.61 Å². The molecule has 0 N–H and O–H groups in total. The molecule has 0 spiro atoms. The highest BCUT2D eigenvalue weighted by atomic mass is 35.5. The van der Waals surface area contributed by atoms with Crippen LogP contribution in [-0.4, -0.2) is 34.1 Å². The number of pyridine rings is 1. The van der Waals surface area contributed by atoms with Crippen molar-refractivity contribution >= 4 is 29.9 Å². The van der Waals surface area contributed by atoms with Crippen LogP contribution in [0.15, 0.2) is 47.6 Å². The van der Waals surface area contributed by atoms with Gasteiger partial charge in [0.05, 0.1) is 17.9 Å². The van der Waals surface area contributed by atoms with E-state index >= 15 is 0 Å². The minimum atomic E-state index is -4.42. The van der Waals surface area contributed by atoms with Gasteiger partial charge in [-0.25, -0.2) is 15.0 Å². The molecule has 10 heteroatoms. The van der Waals surface area contributed by atoms with Gasteiger partial charge in [0.2, 0.25) is 11.2 Å². The third kappa shape index (κ3) is 11.1. The summed E-state index contributed by atoms with van der Waals surface area (Å²) in [5.74, 6) is 1.12. The van der Waals surface area contributed by atoms with Crippen molar-refractivity contribution in [2.24, 2.45) is 4.99 Å². The average molecular weight is 565 g/mol. The summed E-state index contributed by atoms with van der Waals surface area (Å²) in [7, 11) is 0. The Kier molecular flexibility index (Phi) is 15.6. The van der Waals surface area contributed by atoms with Crippen LogP contribution in [0.2, 0.25) is 5.28 Å². The molecule has 0 saturated carbocycles. The summed E-state index contributed by atoms with van der Waals surface area (Å²) in [6.45, 7) is 10.7. The van der Waals surface area contributed by atoms with E-state index in [9.17, 15) is 18.0 Å². The first-order chi connectivity index (χ1) is 18.8. The molecule has 1 aromatic carbocycles. The first-order valence-corrected chi connectivity index (χ1v) is 13.5. The van der Waals surface area contributed by atoms with Crippen LogP contribution in [0.5, 0.6) is 5.88 Å². The third-order valence-electron chi connectivity index (χ3n) is 5.13. The second-order valence-corrected chi connectivity index (χ2v) is 7.94. The fourth-order valence-corrected chi connectivity index (χ4v) is 3.65. The van der Waals surface area contributed by atoms with E-state index in [-0.39, 0.29) is 11.7 Å². The molecular weight excluding hydrogens is 529 g/mol. The lowest BCUT2D eigenvalue weighted by molar-refractivity contribution is -0.137. The lowest BCUT2D eigenvalue weighted by Gasteiger charge is -2.14. The van der Waals surface area contributed by atoms with Crippen LogP contribution in [0.3, 0.4) is 0 Å². The normalized spacial score (nSPS) is 11.9. The van der Waals surface area contributed by atoms with Crippen LogP contribution in [-0.2, 0) is 30.2 Å². The number of aldehydes is 1. The zero-order chi connectivity index (χ0) is 29.3. The number of benzene rings is 1. The summed E-state index contributed by atoms with van der Waals surface area (Å²) >= 11 is 5.89. The van der Waals surface area contributed by atoms with E-state index < -0.39 is 11.7 Å². The van der Waals surface area contributed by atoms with Crippen LogP contribution in [0.1, 0.15) is 75.4 Å². The second kappa shape index (κ2) is 18.0. The van der Waals surface area contributed by atoms with Gasteiger partial charge in [0.1, 0.15) is 6.29 Å². The highest BCUT2D eigenvalue weighted by Crippen LogP contribution is 2.29. The molecular formula is C29H36ClF3N4O2. The Bertz CT molecular complexity index is 1160. The van der Waals surface area contributed by atoms with Gasteiger partial charge in [-0.1, -0.05) is 52.8 Å². The smallest absolute Gasteiger partial charge is 0.416 e. The highest BCUT2D eigenvalue weighted by molar-refractivity contribution is 6.28. The van der Waals surface area contributed by atoms with Gasteiger partial charge in [-0.2, -0.15) is 18.2 Å². The molecule has 0 amide bonds. The van der Waals surface area contributed by atoms with Crippen molar-refractivity contribution in [1.82, 2.24) is 15.0 Å². The first-order valence-electron chi connectivity index (χ1n) is 13.1. The summed E-state index contributed by atoms with van der Waals surface area (Å²) < 4.78 is 43.6. The van der Waals surface area contributed by atoms with Gasteiger partial charge >= 0.3 is 6.18 Å². The number of hydrogen-bond donors (Lipinski definition) is 0. The van der Waals surface area contributed by atoms with Gasteiger partial charge in [-0.05, 0) is 61.0 Å². The number of carbonyl (C=O) groups is 1. The van der Waals surface area contributed by atoms with Crippen molar-refractivity contribution in [3.05, 3.63) is 75.8 Å². The molecule has 39 heavy (non-hydrogen) atoms. The molecule has 0 aliphatic carbocycles. The number of aryl methyl sites for hydroxylation is 2. The average Bonchev–Trinajstić information content (AvgIpc) is 2.97. The Morgan fingerprint density at radius 2 is 1.85 bits per heavy atom. The SMILES string of the molecule is CC.CC.CCc1c(CCC=O)nc(Cl)nc1N=Cc1cccc(C(F)(F)F)c1.c1cnc2c(c1)CCCO2. The van der Waals surface area contributed by atoms with Crippen molar-refractivity contribution in [3.63, 3.8) is 0 Å². The van der Waals surface area contributed by atoms with Crippen molar-refractivity contribution in [3.8, 4) is 5.88 Å². The number of rotatable bonds is 6. The molecule has 212 valence electrons. The topological polar surface area (TPSA) is 77.3 Å². The summed E-state index contributed by atoms with van der Waals surface area (Å²) in [6, 6.07) is 8.85. The summed E-state index contributed by atoms with van der Waals surface area (Å²) in [5, 5.41) is -0.0192. The lowest BCUT2D eigenvalue weighted by Crippen LogP contribution is -2.09. The molecule has 0 saturated heterocycles. The summed E-state index contributed by atoms with van der Waals surface area (Å²) in [5.41, 5.74) is 2.12. The number of aliphatic imine (C=N–C) groups is 1. The minimum Gasteiger partial charge on any atom is -0.477 e. The molecule has 0 unspecified atom stereocenters. The Balaban J connectivity index is 0.000000447. The molecule has 0 atom stereocenters. The number of nitrogens with zero attached hydrogens (tertiary/aromatic N) is 4. The number of aromatic nitrogens is 3. The maximum absolute atomic E-state index is 12.8. The van der Waals surface area contributed by atoms with Crippen LogP contribution < -0.4 is 4.74 Å². The van der Waals surface area contributed by atoms with Gasteiger partial charge in [0.25, 0.3) is 0 Å². The fourth-order valence-electron chi connectivity index (χ4n) is 3.47. The predicted molar refractivity (Wildman–Crippen MR) is 150 cm³/mol. The van der Waals surface area contributed by atoms with Crippen molar-refractivity contribution < 1.29 is 22.7 Å². The van der Waals surface area contributed by atoms with Gasteiger partial charge in [0, 0.05) is 30.0 Å².